The Morgan fingerprint density at radius 1 is 1.28 bits per heavy atom. The van der Waals surface area contributed by atoms with E-state index in [0.29, 0.717) is 10.8 Å². The van der Waals surface area contributed by atoms with Gasteiger partial charge in [-0.15, -0.1) is 0 Å². The second-order valence-corrected chi connectivity index (χ2v) is 3.52. The number of carbonyl (C=O) groups is 2. The van der Waals surface area contributed by atoms with E-state index in [1.54, 1.807) is 31.2 Å². The second-order valence-electron chi connectivity index (χ2n) is 3.11. The number of hydrazine groups is 1. The van der Waals surface area contributed by atoms with Crippen LogP contribution in [0, 0.1) is 0 Å². The van der Waals surface area contributed by atoms with Gasteiger partial charge in [-0.1, -0.05) is 23.7 Å². The van der Waals surface area contributed by atoms with Gasteiger partial charge in [-0.2, -0.15) is 0 Å². The summed E-state index contributed by atoms with van der Waals surface area (Å²) in [5, 5.41) is 0.406. The number of hydrogen-bond donors (Lipinski definition) is 2. The minimum atomic E-state index is -0.733. The van der Waals surface area contributed by atoms with E-state index >= 15 is 0 Å². The lowest BCUT2D eigenvalue weighted by atomic mass is 10.3. The molecular formula is C11H13ClN2O4. The third kappa shape index (κ3) is 4.92. The number of carbonyl (C=O) groups excluding carboxylic acids is 2. The lowest BCUT2D eigenvalue weighted by Crippen LogP contribution is -2.44. The van der Waals surface area contributed by atoms with Gasteiger partial charge in [0.15, 0.2) is 6.61 Å². The molecule has 7 heteroatoms. The summed E-state index contributed by atoms with van der Waals surface area (Å²) in [6.07, 6.45) is -0.733. The van der Waals surface area contributed by atoms with Crippen LogP contribution in [0.25, 0.3) is 0 Å². The first-order valence-electron chi connectivity index (χ1n) is 5.22. The number of para-hydroxylation sites is 1. The van der Waals surface area contributed by atoms with E-state index in [-0.39, 0.29) is 13.2 Å². The highest BCUT2D eigenvalue weighted by Gasteiger charge is 2.06. The van der Waals surface area contributed by atoms with Crippen LogP contribution >= 0.6 is 11.6 Å². The van der Waals surface area contributed by atoms with Crippen molar-refractivity contribution in [3.05, 3.63) is 29.3 Å². The third-order valence-electron chi connectivity index (χ3n) is 1.77. The Morgan fingerprint density at radius 2 is 2.00 bits per heavy atom. The molecule has 0 fully saturated rings. The Hall–Kier alpha value is -1.95. The van der Waals surface area contributed by atoms with Crippen molar-refractivity contribution >= 4 is 23.6 Å². The molecule has 0 spiro atoms. The average molecular weight is 273 g/mol. The van der Waals surface area contributed by atoms with Crippen LogP contribution in [0.3, 0.4) is 0 Å². The predicted molar refractivity (Wildman–Crippen MR) is 65.2 cm³/mol. The molecule has 0 atom stereocenters. The second kappa shape index (κ2) is 7.39. The molecule has 0 heterocycles. The van der Waals surface area contributed by atoms with Gasteiger partial charge in [0.05, 0.1) is 11.6 Å². The van der Waals surface area contributed by atoms with Crippen molar-refractivity contribution in [1.29, 1.82) is 0 Å². The first kappa shape index (κ1) is 14.1. The fraction of sp³-hybridized carbons (Fsp3) is 0.273. The van der Waals surface area contributed by atoms with Crippen molar-refractivity contribution in [1.82, 2.24) is 10.9 Å². The summed E-state index contributed by atoms with van der Waals surface area (Å²) in [6, 6.07) is 6.76. The Balaban J connectivity index is 2.29. The quantitative estimate of drug-likeness (QED) is 0.815. The third-order valence-corrected chi connectivity index (χ3v) is 2.09. The zero-order valence-corrected chi connectivity index (χ0v) is 10.5. The monoisotopic (exact) mass is 272 g/mol. The molecule has 2 N–H and O–H groups in total. The maximum Gasteiger partial charge on any atom is 0.426 e. The van der Waals surface area contributed by atoms with Crippen molar-refractivity contribution < 1.29 is 19.1 Å². The minimum absolute atomic E-state index is 0.220. The van der Waals surface area contributed by atoms with Gasteiger partial charge in [-0.3, -0.25) is 10.2 Å². The van der Waals surface area contributed by atoms with Crippen LogP contribution in [0.15, 0.2) is 24.3 Å². The molecule has 98 valence electrons. The molecule has 6 nitrogen and oxygen atoms in total. The fourth-order valence-corrected chi connectivity index (χ4v) is 1.22. The Morgan fingerprint density at radius 3 is 2.67 bits per heavy atom. The van der Waals surface area contributed by atoms with Gasteiger partial charge in [-0.25, -0.2) is 10.2 Å². The van der Waals surface area contributed by atoms with Crippen LogP contribution in [0.1, 0.15) is 6.92 Å². The highest BCUT2D eigenvalue weighted by atomic mass is 35.5. The molecule has 1 aromatic carbocycles. The summed E-state index contributed by atoms with van der Waals surface area (Å²) in [6.45, 7) is 1.61. The lowest BCUT2D eigenvalue weighted by Gasteiger charge is -2.09. The lowest BCUT2D eigenvalue weighted by molar-refractivity contribution is -0.123. The molecule has 1 aromatic rings. The molecule has 18 heavy (non-hydrogen) atoms. The Bertz CT molecular complexity index is 425. The first-order chi connectivity index (χ1) is 8.63. The van der Waals surface area contributed by atoms with E-state index in [0.717, 1.165) is 0 Å². The van der Waals surface area contributed by atoms with Crippen molar-refractivity contribution in [2.75, 3.05) is 13.2 Å². The van der Waals surface area contributed by atoms with E-state index in [1.807, 2.05) is 0 Å². The van der Waals surface area contributed by atoms with Crippen molar-refractivity contribution in [3.63, 3.8) is 0 Å². The molecular weight excluding hydrogens is 260 g/mol. The molecule has 0 saturated heterocycles. The molecule has 0 unspecified atom stereocenters. The predicted octanol–water partition coefficient (Wildman–Crippen LogP) is 1.50. The largest absolute Gasteiger partial charge is 0.482 e. The maximum atomic E-state index is 11.3. The van der Waals surface area contributed by atoms with E-state index in [2.05, 4.69) is 15.6 Å². The van der Waals surface area contributed by atoms with Gasteiger partial charge in [-0.05, 0) is 19.1 Å². The van der Waals surface area contributed by atoms with Gasteiger partial charge < -0.3 is 9.47 Å². The summed E-state index contributed by atoms with van der Waals surface area (Å²) in [4.78, 5) is 22.2. The average Bonchev–Trinajstić information content (AvgIpc) is 2.36. The summed E-state index contributed by atoms with van der Waals surface area (Å²) in [5.41, 5.74) is 4.19. The Labute approximate surface area is 109 Å². The standard InChI is InChI=1S/C11H13ClN2O4/c1-2-17-11(16)14-13-10(15)7-18-9-6-4-3-5-8(9)12/h3-6H,2,7H2,1H3,(H,13,15)(H,14,16). The highest BCUT2D eigenvalue weighted by molar-refractivity contribution is 6.32. The van der Waals surface area contributed by atoms with Gasteiger partial charge >= 0.3 is 6.09 Å². The number of rotatable bonds is 4. The topological polar surface area (TPSA) is 76.7 Å². The van der Waals surface area contributed by atoms with Crippen LogP contribution in [-0.2, 0) is 9.53 Å². The van der Waals surface area contributed by atoms with Crippen LogP contribution in [-0.4, -0.2) is 25.2 Å². The van der Waals surface area contributed by atoms with Gasteiger partial charge in [0.2, 0.25) is 0 Å². The van der Waals surface area contributed by atoms with E-state index in [9.17, 15) is 9.59 Å². The summed E-state index contributed by atoms with van der Waals surface area (Å²) >= 11 is 5.83. The molecule has 0 aliphatic heterocycles. The van der Waals surface area contributed by atoms with Crippen molar-refractivity contribution in [2.24, 2.45) is 0 Å². The van der Waals surface area contributed by atoms with Crippen LogP contribution in [0.5, 0.6) is 5.75 Å². The minimum Gasteiger partial charge on any atom is -0.482 e. The number of halogens is 1. The molecule has 0 bridgehead atoms. The summed E-state index contributed by atoms with van der Waals surface area (Å²) in [5.74, 6) is -0.131. The smallest absolute Gasteiger partial charge is 0.426 e. The molecule has 0 aliphatic rings. The number of amides is 2. The van der Waals surface area contributed by atoms with Crippen molar-refractivity contribution in [2.45, 2.75) is 6.92 Å². The molecule has 0 aromatic heterocycles. The zero-order chi connectivity index (χ0) is 13.4. The number of benzene rings is 1. The number of nitrogens with one attached hydrogen (secondary N) is 2. The normalized spacial score (nSPS) is 9.44. The van der Waals surface area contributed by atoms with Crippen LogP contribution < -0.4 is 15.6 Å². The molecule has 0 aliphatic carbocycles. The highest BCUT2D eigenvalue weighted by Crippen LogP contribution is 2.22. The molecule has 0 saturated carbocycles. The van der Waals surface area contributed by atoms with Crippen LogP contribution in [0.4, 0.5) is 4.79 Å². The first-order valence-corrected chi connectivity index (χ1v) is 5.60. The van der Waals surface area contributed by atoms with Gasteiger partial charge in [0, 0.05) is 0 Å². The maximum absolute atomic E-state index is 11.3. The van der Waals surface area contributed by atoms with Crippen LogP contribution in [0.2, 0.25) is 5.02 Å². The van der Waals surface area contributed by atoms with E-state index in [4.69, 9.17) is 16.3 Å². The molecule has 2 amide bonds. The SMILES string of the molecule is CCOC(=O)NNC(=O)COc1ccccc1Cl. The van der Waals surface area contributed by atoms with E-state index < -0.39 is 12.0 Å². The molecule has 0 radical (unpaired) electrons. The summed E-state index contributed by atoms with van der Waals surface area (Å²) < 4.78 is 9.70. The number of hydrogen-bond acceptors (Lipinski definition) is 4. The zero-order valence-electron chi connectivity index (χ0n) is 9.73. The molecule has 1 rings (SSSR count). The van der Waals surface area contributed by atoms with Gasteiger partial charge in [0.25, 0.3) is 5.91 Å². The fourth-order valence-electron chi connectivity index (χ4n) is 1.03. The van der Waals surface area contributed by atoms with E-state index in [1.165, 1.54) is 0 Å². The van der Waals surface area contributed by atoms with Crippen molar-refractivity contribution in [3.8, 4) is 5.75 Å². The number of ether oxygens (including phenoxy) is 2. The van der Waals surface area contributed by atoms with Gasteiger partial charge in [0.1, 0.15) is 5.75 Å². The Kier molecular flexibility index (Phi) is 5.79. The summed E-state index contributed by atoms with van der Waals surface area (Å²) in [7, 11) is 0.